The van der Waals surface area contributed by atoms with Crippen LogP contribution in [0.5, 0.6) is 0 Å². The first-order valence-electron chi connectivity index (χ1n) is 9.69. The highest BCUT2D eigenvalue weighted by atomic mass is 32.2. The molecule has 0 saturated heterocycles. The summed E-state index contributed by atoms with van der Waals surface area (Å²) in [6.45, 7) is 1.73. The van der Waals surface area contributed by atoms with Gasteiger partial charge in [0, 0.05) is 30.0 Å². The van der Waals surface area contributed by atoms with E-state index in [4.69, 9.17) is 4.74 Å². The van der Waals surface area contributed by atoms with Gasteiger partial charge in [0.2, 0.25) is 0 Å². The van der Waals surface area contributed by atoms with Crippen LogP contribution in [-0.4, -0.2) is 39.9 Å². The first-order chi connectivity index (χ1) is 13.9. The number of hydrogen-bond acceptors (Lipinski definition) is 4. The number of nitrogens with one attached hydrogen (secondary N) is 2. The second-order valence-electron chi connectivity index (χ2n) is 7.19. The third-order valence-corrected chi connectivity index (χ3v) is 6.09. The average Bonchev–Trinajstić information content (AvgIpc) is 3.10. The Morgan fingerprint density at radius 3 is 2.55 bits per heavy atom. The Labute approximate surface area is 171 Å². The van der Waals surface area contributed by atoms with Crippen molar-refractivity contribution in [2.24, 2.45) is 0 Å². The summed E-state index contributed by atoms with van der Waals surface area (Å²) in [5, 5.41) is 4.11. The van der Waals surface area contributed by atoms with E-state index in [0.29, 0.717) is 31.0 Å². The van der Waals surface area contributed by atoms with Crippen LogP contribution in [0, 0.1) is 5.82 Å². The molecule has 0 saturated carbocycles. The van der Waals surface area contributed by atoms with Crippen LogP contribution in [0.25, 0.3) is 10.9 Å². The topological polar surface area (TPSA) is 71.2 Å². The minimum atomic E-state index is -3.19. The van der Waals surface area contributed by atoms with E-state index in [1.807, 2.05) is 13.2 Å². The second kappa shape index (κ2) is 9.52. The van der Waals surface area contributed by atoms with Crippen LogP contribution in [0.1, 0.15) is 23.1 Å². The Morgan fingerprint density at radius 1 is 1.10 bits per heavy atom. The normalized spacial score (nSPS) is 12.0. The van der Waals surface area contributed by atoms with E-state index in [-0.39, 0.29) is 5.82 Å². The largest absolute Gasteiger partial charge is 0.377 e. The maximum absolute atomic E-state index is 14.5. The van der Waals surface area contributed by atoms with Gasteiger partial charge < -0.3 is 15.0 Å². The predicted molar refractivity (Wildman–Crippen MR) is 113 cm³/mol. The van der Waals surface area contributed by atoms with E-state index < -0.39 is 9.84 Å². The van der Waals surface area contributed by atoms with Crippen LogP contribution in [0.2, 0.25) is 0 Å². The number of rotatable bonds is 10. The lowest BCUT2D eigenvalue weighted by molar-refractivity contribution is 0.118. The maximum atomic E-state index is 14.5. The predicted octanol–water partition coefficient (Wildman–Crippen LogP) is 3.62. The zero-order chi connectivity index (χ0) is 20.9. The van der Waals surface area contributed by atoms with Gasteiger partial charge in [0.25, 0.3) is 0 Å². The van der Waals surface area contributed by atoms with E-state index in [0.717, 1.165) is 40.6 Å². The smallest absolute Gasteiger partial charge is 0.175 e. The van der Waals surface area contributed by atoms with Crippen LogP contribution in [-0.2, 0) is 34.0 Å². The molecule has 2 aromatic carbocycles. The fraction of sp³-hybridized carbons (Fsp3) is 0.364. The van der Waals surface area contributed by atoms with Crippen molar-refractivity contribution >= 4 is 20.7 Å². The van der Waals surface area contributed by atoms with Gasteiger partial charge in [-0.3, -0.25) is 0 Å². The van der Waals surface area contributed by atoms with Crippen molar-refractivity contribution in [3.63, 3.8) is 0 Å². The lowest BCUT2D eigenvalue weighted by Crippen LogP contribution is -2.10. The van der Waals surface area contributed by atoms with Crippen molar-refractivity contribution in [2.75, 3.05) is 26.5 Å². The van der Waals surface area contributed by atoms with Gasteiger partial charge in [-0.15, -0.1) is 0 Å². The summed E-state index contributed by atoms with van der Waals surface area (Å²) in [5.74, 6) is -0.181. The molecule has 0 fully saturated rings. The number of aryl methyl sites for hydroxylation is 1. The maximum Gasteiger partial charge on any atom is 0.175 e. The number of aromatic amines is 1. The van der Waals surface area contributed by atoms with Gasteiger partial charge in [0.1, 0.15) is 5.82 Å². The minimum Gasteiger partial charge on any atom is -0.377 e. The van der Waals surface area contributed by atoms with Crippen molar-refractivity contribution in [1.82, 2.24) is 10.3 Å². The third kappa shape index (κ3) is 5.44. The fourth-order valence-corrected chi connectivity index (χ4v) is 4.05. The summed E-state index contributed by atoms with van der Waals surface area (Å²) in [6.07, 6.45) is 5.29. The standard InChI is InChI=1S/C22H27FN2O3S/c1-24-12-11-17-14-25-21-10-9-20(23)19(22(17)21)4-3-13-28-15-16-5-7-18(8-6-16)29(2,26)27/h5-10,14,24-25H,3-4,11-13,15H2,1-2H3. The van der Waals surface area contributed by atoms with E-state index in [1.165, 1.54) is 12.3 Å². The summed E-state index contributed by atoms with van der Waals surface area (Å²) < 4.78 is 43.2. The summed E-state index contributed by atoms with van der Waals surface area (Å²) in [7, 11) is -1.28. The quantitative estimate of drug-likeness (QED) is 0.494. The zero-order valence-corrected chi connectivity index (χ0v) is 17.6. The van der Waals surface area contributed by atoms with E-state index >= 15 is 0 Å². The lowest BCUT2D eigenvalue weighted by atomic mass is 10.00. The van der Waals surface area contributed by atoms with Crippen LogP contribution < -0.4 is 5.32 Å². The Kier molecular flexibility index (Phi) is 7.05. The third-order valence-electron chi connectivity index (χ3n) is 4.96. The highest BCUT2D eigenvalue weighted by molar-refractivity contribution is 7.90. The average molecular weight is 419 g/mol. The number of hydrogen-bond donors (Lipinski definition) is 2. The molecule has 3 aromatic rings. The highest BCUT2D eigenvalue weighted by Crippen LogP contribution is 2.26. The van der Waals surface area contributed by atoms with Gasteiger partial charge in [0.05, 0.1) is 11.5 Å². The molecule has 5 nitrogen and oxygen atoms in total. The van der Waals surface area contributed by atoms with Gasteiger partial charge in [-0.2, -0.15) is 0 Å². The molecule has 0 aliphatic carbocycles. The van der Waals surface area contributed by atoms with Crippen molar-refractivity contribution in [3.8, 4) is 0 Å². The SMILES string of the molecule is CNCCc1c[nH]c2ccc(F)c(CCCOCc3ccc(S(C)(=O)=O)cc3)c12. The molecule has 3 rings (SSSR count). The van der Waals surface area contributed by atoms with Crippen molar-refractivity contribution in [2.45, 2.75) is 30.8 Å². The lowest BCUT2D eigenvalue weighted by Gasteiger charge is -2.09. The molecule has 0 aliphatic heterocycles. The van der Waals surface area contributed by atoms with Crippen LogP contribution >= 0.6 is 0 Å². The molecule has 0 amide bonds. The molecular weight excluding hydrogens is 391 g/mol. The molecule has 0 spiro atoms. The van der Waals surface area contributed by atoms with Gasteiger partial charge >= 0.3 is 0 Å². The Bertz CT molecular complexity index is 1060. The monoisotopic (exact) mass is 418 g/mol. The first kappa shape index (κ1) is 21.5. The molecule has 2 N–H and O–H groups in total. The number of fused-ring (bicyclic) bond motifs is 1. The summed E-state index contributed by atoms with van der Waals surface area (Å²) in [5.41, 5.74) is 3.72. The molecular formula is C22H27FN2O3S. The highest BCUT2D eigenvalue weighted by Gasteiger charge is 2.13. The van der Waals surface area contributed by atoms with Crippen LogP contribution in [0.15, 0.2) is 47.5 Å². The molecule has 29 heavy (non-hydrogen) atoms. The van der Waals surface area contributed by atoms with E-state index in [9.17, 15) is 12.8 Å². The van der Waals surface area contributed by atoms with Gasteiger partial charge in [-0.25, -0.2) is 12.8 Å². The summed E-state index contributed by atoms with van der Waals surface area (Å²) >= 11 is 0. The number of halogens is 1. The number of aromatic nitrogens is 1. The number of ether oxygens (including phenoxy) is 1. The van der Waals surface area contributed by atoms with Crippen molar-refractivity contribution in [3.05, 3.63) is 65.1 Å². The molecule has 0 bridgehead atoms. The van der Waals surface area contributed by atoms with Gasteiger partial charge in [0.15, 0.2) is 9.84 Å². The zero-order valence-electron chi connectivity index (χ0n) is 16.8. The first-order valence-corrected chi connectivity index (χ1v) is 11.6. The number of likely N-dealkylation sites (N-methyl/N-ethyl adjacent to an activating group) is 1. The van der Waals surface area contributed by atoms with Gasteiger partial charge in [-0.05, 0) is 73.8 Å². The molecule has 1 heterocycles. The second-order valence-corrected chi connectivity index (χ2v) is 9.20. The summed E-state index contributed by atoms with van der Waals surface area (Å²) in [4.78, 5) is 3.53. The molecule has 0 radical (unpaired) electrons. The van der Waals surface area contributed by atoms with Crippen LogP contribution in [0.3, 0.4) is 0 Å². The molecule has 156 valence electrons. The summed E-state index contributed by atoms with van der Waals surface area (Å²) in [6, 6.07) is 9.98. The van der Waals surface area contributed by atoms with E-state index in [1.54, 1.807) is 30.3 Å². The van der Waals surface area contributed by atoms with Crippen molar-refractivity contribution < 1.29 is 17.5 Å². The van der Waals surface area contributed by atoms with Gasteiger partial charge in [-0.1, -0.05) is 12.1 Å². The Hall–Kier alpha value is -2.22. The Morgan fingerprint density at radius 2 is 1.86 bits per heavy atom. The molecule has 7 heteroatoms. The number of H-pyrrole nitrogens is 1. The Balaban J connectivity index is 1.57. The molecule has 0 aliphatic rings. The molecule has 1 aromatic heterocycles. The van der Waals surface area contributed by atoms with Crippen LogP contribution in [0.4, 0.5) is 4.39 Å². The van der Waals surface area contributed by atoms with E-state index in [2.05, 4.69) is 10.3 Å². The fourth-order valence-electron chi connectivity index (χ4n) is 3.42. The molecule has 0 atom stereocenters. The number of benzene rings is 2. The molecule has 0 unspecified atom stereocenters. The number of sulfone groups is 1. The van der Waals surface area contributed by atoms with Crippen molar-refractivity contribution in [1.29, 1.82) is 0 Å². The minimum absolute atomic E-state index is 0.181.